The highest BCUT2D eigenvalue weighted by Gasteiger charge is 2.11. The van der Waals surface area contributed by atoms with Gasteiger partial charge in [-0.2, -0.15) is 0 Å². The lowest BCUT2D eigenvalue weighted by atomic mass is 10.2. The number of rotatable bonds is 5. The van der Waals surface area contributed by atoms with Gasteiger partial charge in [0.25, 0.3) is 5.56 Å². The minimum atomic E-state index is -0.341. The average molecular weight is 340 g/mol. The van der Waals surface area contributed by atoms with Gasteiger partial charge in [-0.25, -0.2) is 4.98 Å². The maximum absolute atomic E-state index is 12.3. The Kier molecular flexibility index (Phi) is 4.96. The number of esters is 1. The van der Waals surface area contributed by atoms with Gasteiger partial charge in [-0.3, -0.25) is 14.2 Å². The van der Waals surface area contributed by atoms with Crippen LogP contribution in [0.5, 0.6) is 0 Å². The first kappa shape index (κ1) is 16.3. The SMILES string of the molecule is Cn1c(SCC(=O)OCc2ccccc2)nc2ccccc2c1=O. The van der Waals surface area contributed by atoms with Gasteiger partial charge in [0, 0.05) is 7.05 Å². The van der Waals surface area contributed by atoms with E-state index < -0.39 is 0 Å². The van der Waals surface area contributed by atoms with Crippen LogP contribution < -0.4 is 5.56 Å². The third kappa shape index (κ3) is 3.65. The second-order valence-corrected chi connectivity index (χ2v) is 6.15. The van der Waals surface area contributed by atoms with E-state index in [-0.39, 0.29) is 23.9 Å². The molecule has 0 aliphatic heterocycles. The van der Waals surface area contributed by atoms with Crippen molar-refractivity contribution in [3.63, 3.8) is 0 Å². The summed E-state index contributed by atoms with van der Waals surface area (Å²) in [5, 5.41) is 1.06. The van der Waals surface area contributed by atoms with Crippen molar-refractivity contribution < 1.29 is 9.53 Å². The Hall–Kier alpha value is -2.60. The molecule has 3 rings (SSSR count). The molecule has 5 nitrogen and oxygen atoms in total. The summed E-state index contributed by atoms with van der Waals surface area (Å²) >= 11 is 1.20. The highest BCUT2D eigenvalue weighted by molar-refractivity contribution is 7.99. The Labute approximate surface area is 143 Å². The van der Waals surface area contributed by atoms with Gasteiger partial charge in [0.15, 0.2) is 5.16 Å². The van der Waals surface area contributed by atoms with E-state index in [0.29, 0.717) is 16.1 Å². The van der Waals surface area contributed by atoms with Crippen LogP contribution in [0.3, 0.4) is 0 Å². The van der Waals surface area contributed by atoms with E-state index in [9.17, 15) is 9.59 Å². The molecular formula is C18H16N2O3S. The first-order valence-corrected chi connectivity index (χ1v) is 8.42. The molecule has 2 aromatic carbocycles. The number of hydrogen-bond acceptors (Lipinski definition) is 5. The number of carbonyl (C=O) groups excluding carboxylic acids is 1. The van der Waals surface area contributed by atoms with Crippen LogP contribution in [-0.2, 0) is 23.2 Å². The third-order valence-electron chi connectivity index (χ3n) is 3.50. The molecule has 0 radical (unpaired) electrons. The fraction of sp³-hybridized carbons (Fsp3) is 0.167. The van der Waals surface area contributed by atoms with Crippen molar-refractivity contribution in [2.45, 2.75) is 11.8 Å². The van der Waals surface area contributed by atoms with Crippen molar-refractivity contribution >= 4 is 28.6 Å². The molecule has 0 bridgehead atoms. The molecule has 1 aromatic heterocycles. The van der Waals surface area contributed by atoms with Crippen LogP contribution in [0, 0.1) is 0 Å². The van der Waals surface area contributed by atoms with Gasteiger partial charge in [0.05, 0.1) is 16.7 Å². The average Bonchev–Trinajstić information content (AvgIpc) is 2.62. The summed E-state index contributed by atoms with van der Waals surface area (Å²) < 4.78 is 6.69. The van der Waals surface area contributed by atoms with E-state index in [2.05, 4.69) is 4.98 Å². The number of fused-ring (bicyclic) bond motifs is 1. The molecule has 0 spiro atoms. The lowest BCUT2D eigenvalue weighted by Crippen LogP contribution is -2.20. The summed E-state index contributed by atoms with van der Waals surface area (Å²) in [7, 11) is 1.65. The first-order chi connectivity index (χ1) is 11.6. The zero-order chi connectivity index (χ0) is 16.9. The molecule has 1 heterocycles. The standard InChI is InChI=1S/C18H16N2O3S/c1-20-17(22)14-9-5-6-10-15(14)19-18(20)24-12-16(21)23-11-13-7-3-2-4-8-13/h2-10H,11-12H2,1H3. The second-order valence-electron chi connectivity index (χ2n) is 5.21. The Balaban J connectivity index is 1.66. The van der Waals surface area contributed by atoms with Crippen molar-refractivity contribution in [3.05, 3.63) is 70.5 Å². The predicted octanol–water partition coefficient (Wildman–Crippen LogP) is 2.77. The molecule has 24 heavy (non-hydrogen) atoms. The molecule has 0 atom stereocenters. The quantitative estimate of drug-likeness (QED) is 0.406. The number of carbonyl (C=O) groups is 1. The Morgan fingerprint density at radius 1 is 1.12 bits per heavy atom. The van der Waals surface area contributed by atoms with E-state index in [1.165, 1.54) is 16.3 Å². The molecule has 3 aromatic rings. The predicted molar refractivity (Wildman–Crippen MR) is 93.9 cm³/mol. The number of aromatic nitrogens is 2. The monoisotopic (exact) mass is 340 g/mol. The lowest BCUT2D eigenvalue weighted by molar-refractivity contribution is -0.141. The number of hydrogen-bond donors (Lipinski definition) is 0. The van der Waals surface area contributed by atoms with Gasteiger partial charge in [0.1, 0.15) is 6.61 Å². The molecule has 0 amide bonds. The van der Waals surface area contributed by atoms with Crippen LogP contribution in [-0.4, -0.2) is 21.3 Å². The van der Waals surface area contributed by atoms with Crippen molar-refractivity contribution in [2.24, 2.45) is 7.05 Å². The van der Waals surface area contributed by atoms with Crippen molar-refractivity contribution in [1.82, 2.24) is 9.55 Å². The second kappa shape index (κ2) is 7.31. The smallest absolute Gasteiger partial charge is 0.316 e. The molecule has 0 aliphatic carbocycles. The van der Waals surface area contributed by atoms with E-state index in [4.69, 9.17) is 4.74 Å². The number of ether oxygens (including phenoxy) is 1. The molecule has 0 N–H and O–H groups in total. The topological polar surface area (TPSA) is 61.2 Å². The van der Waals surface area contributed by atoms with Crippen LogP contribution in [0.1, 0.15) is 5.56 Å². The maximum atomic E-state index is 12.3. The fourth-order valence-electron chi connectivity index (χ4n) is 2.23. The van der Waals surface area contributed by atoms with Crippen LogP contribution >= 0.6 is 11.8 Å². The molecule has 122 valence electrons. The molecule has 0 saturated heterocycles. The zero-order valence-electron chi connectivity index (χ0n) is 13.1. The van der Waals surface area contributed by atoms with Crippen molar-refractivity contribution in [1.29, 1.82) is 0 Å². The van der Waals surface area contributed by atoms with Gasteiger partial charge >= 0.3 is 5.97 Å². The summed E-state index contributed by atoms with van der Waals surface area (Å²) in [6.45, 7) is 0.240. The Morgan fingerprint density at radius 3 is 2.62 bits per heavy atom. The highest BCUT2D eigenvalue weighted by atomic mass is 32.2. The van der Waals surface area contributed by atoms with E-state index in [1.54, 1.807) is 25.2 Å². The number of thioether (sulfide) groups is 1. The van der Waals surface area contributed by atoms with Crippen LogP contribution in [0.15, 0.2) is 64.5 Å². The minimum absolute atomic E-state index is 0.103. The molecule has 0 saturated carbocycles. The minimum Gasteiger partial charge on any atom is -0.460 e. The summed E-state index contributed by atoms with van der Waals surface area (Å²) in [6.07, 6.45) is 0. The van der Waals surface area contributed by atoms with Crippen LogP contribution in [0.2, 0.25) is 0 Å². The largest absolute Gasteiger partial charge is 0.460 e. The van der Waals surface area contributed by atoms with E-state index in [1.807, 2.05) is 36.4 Å². The summed E-state index contributed by atoms with van der Waals surface area (Å²) in [4.78, 5) is 28.6. The van der Waals surface area contributed by atoms with Gasteiger partial charge < -0.3 is 4.74 Å². The molecular weight excluding hydrogens is 324 g/mol. The Bertz CT molecular complexity index is 922. The summed E-state index contributed by atoms with van der Waals surface area (Å²) in [5.41, 5.74) is 1.44. The first-order valence-electron chi connectivity index (χ1n) is 7.43. The van der Waals surface area contributed by atoms with E-state index in [0.717, 1.165) is 5.56 Å². The number of benzene rings is 2. The fourth-order valence-corrected chi connectivity index (χ4v) is 3.00. The third-order valence-corrected chi connectivity index (χ3v) is 4.51. The zero-order valence-corrected chi connectivity index (χ0v) is 14.0. The normalized spacial score (nSPS) is 10.7. The Morgan fingerprint density at radius 2 is 1.83 bits per heavy atom. The van der Waals surface area contributed by atoms with Crippen molar-refractivity contribution in [3.8, 4) is 0 Å². The maximum Gasteiger partial charge on any atom is 0.316 e. The van der Waals surface area contributed by atoms with Gasteiger partial charge in [-0.05, 0) is 17.7 Å². The summed E-state index contributed by atoms with van der Waals surface area (Å²) in [6, 6.07) is 16.7. The van der Waals surface area contributed by atoms with E-state index >= 15 is 0 Å². The van der Waals surface area contributed by atoms with Crippen molar-refractivity contribution in [2.75, 3.05) is 5.75 Å². The highest BCUT2D eigenvalue weighted by Crippen LogP contribution is 2.17. The molecule has 0 aliphatic rings. The number of nitrogens with zero attached hydrogens (tertiary/aromatic N) is 2. The van der Waals surface area contributed by atoms with Gasteiger partial charge in [0.2, 0.25) is 0 Å². The molecule has 0 unspecified atom stereocenters. The van der Waals surface area contributed by atoms with Gasteiger partial charge in [-0.15, -0.1) is 0 Å². The van der Waals surface area contributed by atoms with Crippen LogP contribution in [0.4, 0.5) is 0 Å². The summed E-state index contributed by atoms with van der Waals surface area (Å²) in [5.74, 6) is -0.239. The van der Waals surface area contributed by atoms with Gasteiger partial charge in [-0.1, -0.05) is 54.2 Å². The number of para-hydroxylation sites is 1. The molecule has 6 heteroatoms. The van der Waals surface area contributed by atoms with Crippen LogP contribution in [0.25, 0.3) is 10.9 Å². The molecule has 0 fully saturated rings. The lowest BCUT2D eigenvalue weighted by Gasteiger charge is -2.08.